The van der Waals surface area contributed by atoms with E-state index in [9.17, 15) is 0 Å². The van der Waals surface area contributed by atoms with E-state index in [1.165, 1.54) is 18.4 Å². The minimum atomic E-state index is 0.118. The summed E-state index contributed by atoms with van der Waals surface area (Å²) in [5.74, 6) is 0.794. The van der Waals surface area contributed by atoms with Gasteiger partial charge in [-0.15, -0.1) is 11.3 Å². The van der Waals surface area contributed by atoms with Gasteiger partial charge in [-0.05, 0) is 43.5 Å². The largest absolute Gasteiger partial charge is 0.356 e. The number of aliphatic imine (C=N–C) groups is 1. The van der Waals surface area contributed by atoms with Gasteiger partial charge in [-0.1, -0.05) is 12.1 Å². The number of benzene rings is 1. The summed E-state index contributed by atoms with van der Waals surface area (Å²) in [7, 11) is 1.80. The average molecular weight is 424 g/mol. The predicted octanol–water partition coefficient (Wildman–Crippen LogP) is 3.40. The summed E-state index contributed by atoms with van der Waals surface area (Å²) in [4.78, 5) is 11.6. The van der Waals surface area contributed by atoms with Gasteiger partial charge >= 0.3 is 0 Å². The average Bonchev–Trinajstić information content (AvgIpc) is 3.55. The number of aromatic nitrogens is 3. The van der Waals surface area contributed by atoms with Crippen molar-refractivity contribution in [2.45, 2.75) is 32.2 Å². The minimum absolute atomic E-state index is 0.118. The van der Waals surface area contributed by atoms with Crippen molar-refractivity contribution in [1.82, 2.24) is 25.4 Å². The maximum Gasteiger partial charge on any atom is 0.191 e. The van der Waals surface area contributed by atoms with E-state index in [4.69, 9.17) is 4.98 Å². The summed E-state index contributed by atoms with van der Waals surface area (Å²) in [6.45, 7) is 5.21. The highest BCUT2D eigenvalue weighted by molar-refractivity contribution is 7.13. The predicted molar refractivity (Wildman–Crippen MR) is 124 cm³/mol. The molecule has 2 N–H and O–H groups in total. The SMILES string of the molecule is CN=C(NCCc1csc(N2CCCC2)n1)NC(C)c1cccc(-n2cccn2)c1. The standard InChI is InChI=1S/C22H29N7S/c1-17(18-7-5-8-20(15-18)29-14-6-10-25-29)26-21(23-2)24-11-9-19-16-30-22(27-19)28-12-3-4-13-28/h5-8,10,14-17H,3-4,9,11-13H2,1-2H3,(H2,23,24,26). The van der Waals surface area contributed by atoms with E-state index in [1.54, 1.807) is 24.6 Å². The summed E-state index contributed by atoms with van der Waals surface area (Å²) in [6.07, 6.45) is 7.18. The molecule has 1 unspecified atom stereocenters. The Bertz CT molecular complexity index is 958. The van der Waals surface area contributed by atoms with Crippen molar-refractivity contribution in [3.63, 3.8) is 0 Å². The molecule has 158 valence electrons. The zero-order valence-corrected chi connectivity index (χ0v) is 18.4. The molecule has 1 fully saturated rings. The molecule has 1 aromatic carbocycles. The number of rotatable bonds is 7. The van der Waals surface area contributed by atoms with Crippen LogP contribution in [0.15, 0.2) is 53.1 Å². The van der Waals surface area contributed by atoms with Gasteiger partial charge in [-0.2, -0.15) is 5.10 Å². The van der Waals surface area contributed by atoms with Crippen molar-refractivity contribution in [2.75, 3.05) is 31.6 Å². The van der Waals surface area contributed by atoms with Gasteiger partial charge in [0.1, 0.15) is 0 Å². The van der Waals surface area contributed by atoms with Crippen LogP contribution in [-0.2, 0) is 6.42 Å². The number of thiazole rings is 1. The van der Waals surface area contributed by atoms with Crippen molar-refractivity contribution < 1.29 is 0 Å². The summed E-state index contributed by atoms with van der Waals surface area (Å²) in [5, 5.41) is 14.5. The van der Waals surface area contributed by atoms with Gasteiger partial charge in [0.25, 0.3) is 0 Å². The Morgan fingerprint density at radius 2 is 2.13 bits per heavy atom. The zero-order chi connectivity index (χ0) is 20.8. The summed E-state index contributed by atoms with van der Waals surface area (Å²) in [5.41, 5.74) is 3.37. The van der Waals surface area contributed by atoms with Gasteiger partial charge in [0, 0.05) is 50.9 Å². The number of anilines is 1. The molecule has 30 heavy (non-hydrogen) atoms. The second kappa shape index (κ2) is 9.75. The molecule has 0 radical (unpaired) electrons. The highest BCUT2D eigenvalue weighted by atomic mass is 32.1. The van der Waals surface area contributed by atoms with Crippen molar-refractivity contribution >= 4 is 22.4 Å². The van der Waals surface area contributed by atoms with Crippen LogP contribution in [0.2, 0.25) is 0 Å². The third kappa shape index (κ3) is 4.99. The molecule has 0 spiro atoms. The van der Waals surface area contributed by atoms with Crippen molar-refractivity contribution in [3.8, 4) is 5.69 Å². The van der Waals surface area contributed by atoms with Crippen LogP contribution in [0.4, 0.5) is 5.13 Å². The zero-order valence-electron chi connectivity index (χ0n) is 17.6. The molecule has 0 saturated carbocycles. The Labute approximate surface area is 181 Å². The maximum absolute atomic E-state index is 4.79. The summed E-state index contributed by atoms with van der Waals surface area (Å²) >= 11 is 1.75. The Morgan fingerprint density at radius 1 is 1.27 bits per heavy atom. The van der Waals surface area contributed by atoms with Gasteiger partial charge < -0.3 is 15.5 Å². The van der Waals surface area contributed by atoms with E-state index in [2.05, 4.69) is 62.2 Å². The summed E-state index contributed by atoms with van der Waals surface area (Å²) < 4.78 is 1.87. The molecule has 3 heterocycles. The number of guanidine groups is 1. The quantitative estimate of drug-likeness (QED) is 0.450. The molecule has 1 saturated heterocycles. The van der Waals surface area contributed by atoms with E-state index in [1.807, 2.05) is 16.9 Å². The number of nitrogens with zero attached hydrogens (tertiary/aromatic N) is 5. The maximum atomic E-state index is 4.79. The van der Waals surface area contributed by atoms with Crippen LogP contribution in [0, 0.1) is 0 Å². The third-order valence-electron chi connectivity index (χ3n) is 5.31. The Morgan fingerprint density at radius 3 is 2.90 bits per heavy atom. The van der Waals surface area contributed by atoms with Crippen LogP contribution >= 0.6 is 11.3 Å². The molecular formula is C22H29N7S. The molecule has 1 aliphatic heterocycles. The minimum Gasteiger partial charge on any atom is -0.356 e. The lowest BCUT2D eigenvalue weighted by molar-refractivity contribution is 0.682. The molecular weight excluding hydrogens is 394 g/mol. The fourth-order valence-corrected chi connectivity index (χ4v) is 4.53. The fourth-order valence-electron chi connectivity index (χ4n) is 3.61. The smallest absolute Gasteiger partial charge is 0.191 e. The Kier molecular flexibility index (Phi) is 6.63. The first-order valence-electron chi connectivity index (χ1n) is 10.5. The lowest BCUT2D eigenvalue weighted by Crippen LogP contribution is -2.39. The van der Waals surface area contributed by atoms with E-state index in [-0.39, 0.29) is 6.04 Å². The third-order valence-corrected chi connectivity index (χ3v) is 6.26. The van der Waals surface area contributed by atoms with Crippen LogP contribution in [0.25, 0.3) is 5.69 Å². The molecule has 0 aliphatic carbocycles. The topological polar surface area (TPSA) is 70.4 Å². The highest BCUT2D eigenvalue weighted by Crippen LogP contribution is 2.24. The van der Waals surface area contributed by atoms with Crippen molar-refractivity contribution in [2.24, 2.45) is 4.99 Å². The van der Waals surface area contributed by atoms with Gasteiger partial charge in [0.15, 0.2) is 11.1 Å². The Balaban J connectivity index is 1.29. The van der Waals surface area contributed by atoms with Crippen molar-refractivity contribution in [3.05, 3.63) is 59.4 Å². The molecule has 1 atom stereocenters. The first-order valence-corrected chi connectivity index (χ1v) is 11.4. The molecule has 3 aromatic rings. The molecule has 0 bridgehead atoms. The number of hydrogen-bond donors (Lipinski definition) is 2. The first-order chi connectivity index (χ1) is 14.7. The van der Waals surface area contributed by atoms with Gasteiger partial charge in [-0.3, -0.25) is 4.99 Å². The number of nitrogens with one attached hydrogen (secondary N) is 2. The van der Waals surface area contributed by atoms with Gasteiger partial charge in [0.2, 0.25) is 0 Å². The van der Waals surface area contributed by atoms with Crippen LogP contribution < -0.4 is 15.5 Å². The first kappa shape index (κ1) is 20.4. The van der Waals surface area contributed by atoms with Crippen LogP contribution in [-0.4, -0.2) is 47.4 Å². The molecule has 2 aromatic heterocycles. The fraction of sp³-hybridized carbons (Fsp3) is 0.409. The van der Waals surface area contributed by atoms with E-state index < -0.39 is 0 Å². The summed E-state index contributed by atoms with van der Waals surface area (Å²) in [6, 6.07) is 10.4. The van der Waals surface area contributed by atoms with E-state index >= 15 is 0 Å². The van der Waals surface area contributed by atoms with Crippen LogP contribution in [0.5, 0.6) is 0 Å². The van der Waals surface area contributed by atoms with Crippen LogP contribution in [0.1, 0.15) is 37.1 Å². The second-order valence-electron chi connectivity index (χ2n) is 7.48. The van der Waals surface area contributed by atoms with E-state index in [0.29, 0.717) is 0 Å². The lowest BCUT2D eigenvalue weighted by Gasteiger charge is -2.19. The Hall–Kier alpha value is -2.87. The van der Waals surface area contributed by atoms with Crippen LogP contribution in [0.3, 0.4) is 0 Å². The molecule has 0 amide bonds. The van der Waals surface area contributed by atoms with Gasteiger partial charge in [-0.25, -0.2) is 9.67 Å². The highest BCUT2D eigenvalue weighted by Gasteiger charge is 2.15. The van der Waals surface area contributed by atoms with Crippen molar-refractivity contribution in [1.29, 1.82) is 0 Å². The van der Waals surface area contributed by atoms with Gasteiger partial charge in [0.05, 0.1) is 17.4 Å². The molecule has 8 heteroatoms. The molecule has 1 aliphatic rings. The normalized spacial score (nSPS) is 15.4. The lowest BCUT2D eigenvalue weighted by atomic mass is 10.1. The molecule has 7 nitrogen and oxygen atoms in total. The van der Waals surface area contributed by atoms with E-state index in [0.717, 1.165) is 48.5 Å². The molecule has 4 rings (SSSR count). The second-order valence-corrected chi connectivity index (χ2v) is 8.31. The number of hydrogen-bond acceptors (Lipinski definition) is 5. The monoisotopic (exact) mass is 423 g/mol.